The van der Waals surface area contributed by atoms with Gasteiger partial charge in [0.05, 0.1) is 19.0 Å². The monoisotopic (exact) mass is 355 g/mol. The Hall–Kier alpha value is -2.18. The maximum absolute atomic E-state index is 12.2. The number of fused-ring (bicyclic) bond motifs is 1. The highest BCUT2D eigenvalue weighted by atomic mass is 32.1. The summed E-state index contributed by atoms with van der Waals surface area (Å²) in [5.74, 6) is 1.70. The van der Waals surface area contributed by atoms with Crippen molar-refractivity contribution >= 4 is 21.6 Å². The number of aromatic amines is 1. The smallest absolute Gasteiger partial charge is 0.259 e. The second-order valence-corrected chi connectivity index (χ2v) is 7.33. The van der Waals surface area contributed by atoms with E-state index >= 15 is 0 Å². The van der Waals surface area contributed by atoms with Crippen LogP contribution in [-0.4, -0.2) is 34.6 Å². The molecule has 0 amide bonds. The average molecular weight is 355 g/mol. The van der Waals surface area contributed by atoms with Gasteiger partial charge in [0, 0.05) is 6.04 Å². The second-order valence-electron chi connectivity index (χ2n) is 6.43. The Kier molecular flexibility index (Phi) is 4.55. The van der Waals surface area contributed by atoms with E-state index in [2.05, 4.69) is 27.0 Å². The molecule has 1 atom stereocenters. The number of methoxy groups -OCH3 is 1. The van der Waals surface area contributed by atoms with Gasteiger partial charge in [-0.1, -0.05) is 18.2 Å². The number of para-hydroxylation sites is 1. The molecule has 3 aromatic rings. The average Bonchev–Trinajstić information content (AvgIpc) is 3.25. The van der Waals surface area contributed by atoms with Crippen molar-refractivity contribution in [3.8, 4) is 5.75 Å². The number of thiophene rings is 1. The lowest BCUT2D eigenvalue weighted by Gasteiger charge is -2.24. The minimum absolute atomic E-state index is 0.0401. The number of benzene rings is 1. The van der Waals surface area contributed by atoms with Crippen molar-refractivity contribution in [3.63, 3.8) is 0 Å². The van der Waals surface area contributed by atoms with Gasteiger partial charge >= 0.3 is 0 Å². The van der Waals surface area contributed by atoms with Crippen molar-refractivity contribution in [2.75, 3.05) is 13.7 Å². The van der Waals surface area contributed by atoms with Crippen LogP contribution in [0.15, 0.2) is 40.5 Å². The Morgan fingerprint density at radius 1 is 1.36 bits per heavy atom. The largest absolute Gasteiger partial charge is 0.496 e. The highest BCUT2D eigenvalue weighted by molar-refractivity contribution is 7.16. The Morgan fingerprint density at radius 2 is 2.24 bits per heavy atom. The zero-order chi connectivity index (χ0) is 17.2. The van der Waals surface area contributed by atoms with Gasteiger partial charge in [-0.2, -0.15) is 0 Å². The third-order valence-corrected chi connectivity index (χ3v) is 5.69. The maximum atomic E-state index is 12.2. The third kappa shape index (κ3) is 3.32. The van der Waals surface area contributed by atoms with E-state index in [1.165, 1.54) is 23.3 Å². The molecule has 0 unspecified atom stereocenters. The van der Waals surface area contributed by atoms with Crippen molar-refractivity contribution in [2.24, 2.45) is 0 Å². The number of rotatable bonds is 5. The molecule has 25 heavy (non-hydrogen) atoms. The summed E-state index contributed by atoms with van der Waals surface area (Å²) in [5, 5.41) is 2.59. The van der Waals surface area contributed by atoms with E-state index in [9.17, 15) is 4.79 Å². The molecule has 1 aliphatic heterocycles. The molecule has 6 heteroatoms. The fraction of sp³-hybridized carbons (Fsp3) is 0.368. The summed E-state index contributed by atoms with van der Waals surface area (Å²) in [4.78, 5) is 23.0. The molecule has 0 aliphatic carbocycles. The molecule has 1 aromatic carbocycles. The van der Waals surface area contributed by atoms with Crippen LogP contribution in [0.5, 0.6) is 5.75 Å². The zero-order valence-corrected chi connectivity index (χ0v) is 15.0. The first-order valence-electron chi connectivity index (χ1n) is 8.57. The normalized spacial score (nSPS) is 18.0. The minimum atomic E-state index is -0.0401. The first-order valence-corrected chi connectivity index (χ1v) is 9.45. The zero-order valence-electron chi connectivity index (χ0n) is 14.2. The van der Waals surface area contributed by atoms with Crippen molar-refractivity contribution in [1.29, 1.82) is 0 Å². The van der Waals surface area contributed by atoms with Crippen LogP contribution < -0.4 is 10.3 Å². The summed E-state index contributed by atoms with van der Waals surface area (Å²) < 4.78 is 5.49. The highest BCUT2D eigenvalue weighted by Gasteiger charge is 2.26. The highest BCUT2D eigenvalue weighted by Crippen LogP contribution is 2.27. The van der Waals surface area contributed by atoms with Gasteiger partial charge in [0.1, 0.15) is 16.4 Å². The summed E-state index contributed by atoms with van der Waals surface area (Å²) in [7, 11) is 1.72. The fourth-order valence-electron chi connectivity index (χ4n) is 3.64. The van der Waals surface area contributed by atoms with Crippen LogP contribution in [0.3, 0.4) is 0 Å². The molecule has 0 spiro atoms. The third-order valence-electron chi connectivity index (χ3n) is 4.88. The van der Waals surface area contributed by atoms with Crippen molar-refractivity contribution in [2.45, 2.75) is 31.8 Å². The number of hydrogen-bond acceptors (Lipinski definition) is 5. The number of likely N-dealkylation sites (tertiary alicyclic amines) is 1. The van der Waals surface area contributed by atoms with Crippen molar-refractivity contribution in [1.82, 2.24) is 14.9 Å². The van der Waals surface area contributed by atoms with Gasteiger partial charge in [-0.05, 0) is 48.9 Å². The standard InChI is InChI=1S/C19H21N3O2S/c1-24-16-7-3-2-5-13(16)11-14-6-4-9-22(14)12-17-20-18(23)15-8-10-25-19(15)21-17/h2-3,5,7-8,10,14H,4,6,9,11-12H2,1H3,(H,20,21,23)/t14-/m0/s1. The lowest BCUT2D eigenvalue weighted by Crippen LogP contribution is -2.32. The van der Waals surface area contributed by atoms with Gasteiger partial charge in [0.25, 0.3) is 5.56 Å². The maximum Gasteiger partial charge on any atom is 0.259 e. The van der Waals surface area contributed by atoms with Gasteiger partial charge in [-0.15, -0.1) is 11.3 Å². The van der Waals surface area contributed by atoms with E-state index in [4.69, 9.17) is 4.74 Å². The Morgan fingerprint density at radius 3 is 3.12 bits per heavy atom. The lowest BCUT2D eigenvalue weighted by atomic mass is 10.0. The van der Waals surface area contributed by atoms with E-state index in [1.807, 2.05) is 23.6 Å². The molecule has 2 aromatic heterocycles. The molecule has 1 aliphatic rings. The molecule has 1 fully saturated rings. The molecule has 0 bridgehead atoms. The van der Waals surface area contributed by atoms with Crippen LogP contribution in [0.25, 0.3) is 10.2 Å². The van der Waals surface area contributed by atoms with Crippen molar-refractivity contribution < 1.29 is 4.74 Å². The quantitative estimate of drug-likeness (QED) is 0.764. The first kappa shape index (κ1) is 16.3. The number of nitrogens with zero attached hydrogens (tertiary/aromatic N) is 2. The molecule has 5 nitrogen and oxygen atoms in total. The van der Waals surface area contributed by atoms with E-state index < -0.39 is 0 Å². The van der Waals surface area contributed by atoms with Crippen LogP contribution in [0, 0.1) is 0 Å². The molecule has 4 rings (SSSR count). The minimum Gasteiger partial charge on any atom is -0.496 e. The molecule has 1 saturated heterocycles. The summed E-state index contributed by atoms with van der Waals surface area (Å²) in [5.41, 5.74) is 1.19. The predicted molar refractivity (Wildman–Crippen MR) is 100 cm³/mol. The van der Waals surface area contributed by atoms with Gasteiger partial charge < -0.3 is 9.72 Å². The van der Waals surface area contributed by atoms with E-state index in [1.54, 1.807) is 7.11 Å². The van der Waals surface area contributed by atoms with E-state index in [0.29, 0.717) is 18.0 Å². The van der Waals surface area contributed by atoms with Gasteiger partial charge in [-0.3, -0.25) is 9.69 Å². The Bertz CT molecular complexity index is 934. The Balaban J connectivity index is 1.53. The number of nitrogens with one attached hydrogen (secondary N) is 1. The van der Waals surface area contributed by atoms with Gasteiger partial charge in [0.15, 0.2) is 0 Å². The van der Waals surface area contributed by atoms with Gasteiger partial charge in [0.2, 0.25) is 0 Å². The molecular formula is C19H21N3O2S. The lowest BCUT2D eigenvalue weighted by molar-refractivity contribution is 0.236. The number of H-pyrrole nitrogens is 1. The van der Waals surface area contributed by atoms with Gasteiger partial charge in [-0.25, -0.2) is 4.98 Å². The van der Waals surface area contributed by atoms with Crippen molar-refractivity contribution in [3.05, 3.63) is 57.5 Å². The summed E-state index contributed by atoms with van der Waals surface area (Å²) in [6.07, 6.45) is 3.28. The number of aromatic nitrogens is 2. The van der Waals surface area contributed by atoms with Crippen LogP contribution in [0.2, 0.25) is 0 Å². The molecule has 0 radical (unpaired) electrons. The Labute approximate surface area is 150 Å². The first-order chi connectivity index (χ1) is 12.2. The predicted octanol–water partition coefficient (Wildman–Crippen LogP) is 3.20. The topological polar surface area (TPSA) is 58.2 Å². The molecular weight excluding hydrogens is 334 g/mol. The SMILES string of the molecule is COc1ccccc1C[C@@H]1CCCN1Cc1nc2sccc2c(=O)[nH]1. The fourth-order valence-corrected chi connectivity index (χ4v) is 4.42. The van der Waals surface area contributed by atoms with Crippen LogP contribution >= 0.6 is 11.3 Å². The van der Waals surface area contributed by atoms with E-state index in [0.717, 1.165) is 35.8 Å². The van der Waals surface area contributed by atoms with Crippen LogP contribution in [0.4, 0.5) is 0 Å². The van der Waals surface area contributed by atoms with Crippen LogP contribution in [0.1, 0.15) is 24.2 Å². The number of ether oxygens (including phenoxy) is 1. The number of hydrogen-bond donors (Lipinski definition) is 1. The van der Waals surface area contributed by atoms with E-state index in [-0.39, 0.29) is 5.56 Å². The molecule has 0 saturated carbocycles. The summed E-state index contributed by atoms with van der Waals surface area (Å²) in [6, 6.07) is 10.5. The molecule has 1 N–H and O–H groups in total. The molecule has 3 heterocycles. The molecule has 130 valence electrons. The summed E-state index contributed by atoms with van der Waals surface area (Å²) >= 11 is 1.52. The second kappa shape index (κ2) is 6.98. The van der Waals surface area contributed by atoms with Crippen LogP contribution in [-0.2, 0) is 13.0 Å². The summed E-state index contributed by atoms with van der Waals surface area (Å²) in [6.45, 7) is 1.72.